The van der Waals surface area contributed by atoms with E-state index >= 15 is 0 Å². The zero-order valence-electron chi connectivity index (χ0n) is 24.1. The third-order valence-corrected chi connectivity index (χ3v) is 9.84. The number of carbonyl (C=O) groups excluding carboxylic acids is 2. The van der Waals surface area contributed by atoms with E-state index in [4.69, 9.17) is 4.74 Å². The summed E-state index contributed by atoms with van der Waals surface area (Å²) >= 11 is 0. The Hall–Kier alpha value is -3.15. The summed E-state index contributed by atoms with van der Waals surface area (Å²) < 4.78 is 34.3. The molecular weight excluding hydrogens is 544 g/mol. The van der Waals surface area contributed by atoms with Gasteiger partial charge in [0.1, 0.15) is 11.9 Å². The Bertz CT molecular complexity index is 1300. The quantitative estimate of drug-likeness (QED) is 0.434. The Morgan fingerprint density at radius 2 is 1.85 bits per heavy atom. The van der Waals surface area contributed by atoms with Gasteiger partial charge < -0.3 is 25.4 Å². The Morgan fingerprint density at radius 1 is 1.15 bits per heavy atom. The van der Waals surface area contributed by atoms with Crippen molar-refractivity contribution < 1.29 is 27.9 Å². The molecule has 0 radical (unpaired) electrons. The van der Waals surface area contributed by atoms with Gasteiger partial charge in [0.15, 0.2) is 0 Å². The van der Waals surface area contributed by atoms with E-state index in [1.54, 1.807) is 60.4 Å². The van der Waals surface area contributed by atoms with Crippen molar-refractivity contribution in [3.05, 3.63) is 54.1 Å². The summed E-state index contributed by atoms with van der Waals surface area (Å²) in [5.74, 6) is 0.0156. The van der Waals surface area contributed by atoms with E-state index in [1.807, 2.05) is 6.92 Å². The highest BCUT2D eigenvalue weighted by Crippen LogP contribution is 2.30. The maximum atomic E-state index is 13.5. The summed E-state index contributed by atoms with van der Waals surface area (Å²) in [6, 6.07) is 12.8. The molecule has 0 spiro atoms. The SMILES string of the molecule is C[C@H]1CN([C@@H](C)CO)C(=O)Cc2cc(NC(=O)NC3CCCCC3)ccc2O[C@@H]1CN(C)S(=O)(=O)c1ccccc1. The number of aliphatic hydroxyl groups excluding tert-OH is 1. The van der Waals surface area contributed by atoms with Crippen LogP contribution >= 0.6 is 0 Å². The molecule has 1 fully saturated rings. The van der Waals surface area contributed by atoms with Crippen molar-refractivity contribution in [2.45, 2.75) is 75.5 Å². The lowest BCUT2D eigenvalue weighted by Gasteiger charge is -2.33. The molecule has 0 saturated heterocycles. The number of likely N-dealkylation sites (N-methyl/N-ethyl adjacent to an activating group) is 1. The average Bonchev–Trinajstić information content (AvgIpc) is 3.01. The summed E-state index contributed by atoms with van der Waals surface area (Å²) in [6.45, 7) is 3.82. The number of urea groups is 1. The van der Waals surface area contributed by atoms with Crippen LogP contribution in [0.2, 0.25) is 0 Å². The summed E-state index contributed by atoms with van der Waals surface area (Å²) in [7, 11) is -2.25. The summed E-state index contributed by atoms with van der Waals surface area (Å²) in [5.41, 5.74) is 1.11. The molecule has 3 atom stereocenters. The van der Waals surface area contributed by atoms with Crippen LogP contribution in [-0.4, -0.2) is 79.6 Å². The van der Waals surface area contributed by atoms with Crippen LogP contribution in [-0.2, 0) is 21.2 Å². The number of nitrogens with zero attached hydrogens (tertiary/aromatic N) is 2. The van der Waals surface area contributed by atoms with Gasteiger partial charge in [-0.3, -0.25) is 4.79 Å². The second-order valence-electron chi connectivity index (χ2n) is 11.2. The zero-order chi connectivity index (χ0) is 29.6. The highest BCUT2D eigenvalue weighted by Gasteiger charge is 2.33. The fraction of sp³-hybridized carbons (Fsp3) is 0.533. The van der Waals surface area contributed by atoms with E-state index in [0.29, 0.717) is 17.0 Å². The van der Waals surface area contributed by atoms with Crippen LogP contribution in [0.25, 0.3) is 0 Å². The maximum absolute atomic E-state index is 13.5. The zero-order valence-corrected chi connectivity index (χ0v) is 24.9. The highest BCUT2D eigenvalue weighted by atomic mass is 32.2. The van der Waals surface area contributed by atoms with Gasteiger partial charge in [-0.2, -0.15) is 4.31 Å². The minimum atomic E-state index is -3.77. The molecule has 0 bridgehead atoms. The van der Waals surface area contributed by atoms with Gasteiger partial charge in [0.25, 0.3) is 0 Å². The topological polar surface area (TPSA) is 128 Å². The van der Waals surface area contributed by atoms with Gasteiger partial charge in [0.05, 0.1) is 30.5 Å². The van der Waals surface area contributed by atoms with Crippen molar-refractivity contribution in [3.63, 3.8) is 0 Å². The largest absolute Gasteiger partial charge is 0.488 e. The summed E-state index contributed by atoms with van der Waals surface area (Å²) in [5, 5.41) is 15.8. The molecule has 1 heterocycles. The molecule has 224 valence electrons. The predicted molar refractivity (Wildman–Crippen MR) is 157 cm³/mol. The second-order valence-corrected chi connectivity index (χ2v) is 13.3. The predicted octanol–water partition coefficient (Wildman–Crippen LogP) is 3.61. The van der Waals surface area contributed by atoms with Gasteiger partial charge in [0, 0.05) is 36.8 Å². The number of rotatable bonds is 8. The Kier molecular flexibility index (Phi) is 10.3. The van der Waals surface area contributed by atoms with E-state index in [9.17, 15) is 23.1 Å². The van der Waals surface area contributed by atoms with Crippen LogP contribution in [0, 0.1) is 5.92 Å². The first-order valence-corrected chi connectivity index (χ1v) is 15.8. The molecule has 10 nitrogen and oxygen atoms in total. The standard InChI is InChI=1S/C30H42N4O6S/c1-21-18-34(22(2)20-35)29(36)17-23-16-25(32-30(37)31-24-10-6-4-7-11-24)14-15-27(23)40-28(21)19-33(3)41(38,39)26-12-8-5-9-13-26/h5,8-9,12-16,21-22,24,28,35H,4,6-7,10-11,17-20H2,1-3H3,(H2,31,32,37)/t21-,22-,28+/m0/s1. The Morgan fingerprint density at radius 3 is 2.54 bits per heavy atom. The van der Waals surface area contributed by atoms with E-state index in [1.165, 1.54) is 17.8 Å². The number of amides is 3. The van der Waals surface area contributed by atoms with Crippen molar-refractivity contribution in [2.75, 3.05) is 32.1 Å². The van der Waals surface area contributed by atoms with Crippen LogP contribution in [0.4, 0.5) is 10.5 Å². The first-order chi connectivity index (χ1) is 19.6. The first-order valence-electron chi connectivity index (χ1n) is 14.4. The summed E-state index contributed by atoms with van der Waals surface area (Å²) in [4.78, 5) is 27.9. The lowest BCUT2D eigenvalue weighted by molar-refractivity contribution is -0.134. The molecule has 1 saturated carbocycles. The maximum Gasteiger partial charge on any atom is 0.319 e. The Labute approximate surface area is 243 Å². The normalized spacial score (nSPS) is 21.2. The third kappa shape index (κ3) is 7.78. The van der Waals surface area contributed by atoms with Gasteiger partial charge in [-0.05, 0) is 50.1 Å². The minimum Gasteiger partial charge on any atom is -0.488 e. The molecule has 2 aliphatic rings. The van der Waals surface area contributed by atoms with Crippen LogP contribution in [0.3, 0.4) is 0 Å². The molecule has 2 aromatic carbocycles. The number of hydrogen-bond donors (Lipinski definition) is 3. The molecule has 1 aliphatic carbocycles. The van der Waals surface area contributed by atoms with E-state index < -0.39 is 22.2 Å². The number of carbonyl (C=O) groups is 2. The molecule has 0 unspecified atom stereocenters. The molecule has 1 aliphatic heterocycles. The lowest BCUT2D eigenvalue weighted by atomic mass is 9.96. The fourth-order valence-electron chi connectivity index (χ4n) is 5.45. The van der Waals surface area contributed by atoms with E-state index in [-0.39, 0.29) is 54.9 Å². The lowest BCUT2D eigenvalue weighted by Crippen LogP contribution is -2.48. The number of nitrogens with one attached hydrogen (secondary N) is 2. The monoisotopic (exact) mass is 586 g/mol. The van der Waals surface area contributed by atoms with Gasteiger partial charge in [-0.25, -0.2) is 13.2 Å². The van der Waals surface area contributed by atoms with Crippen molar-refractivity contribution in [1.82, 2.24) is 14.5 Å². The number of anilines is 1. The van der Waals surface area contributed by atoms with Gasteiger partial charge in [-0.15, -0.1) is 0 Å². The number of hydrogen-bond acceptors (Lipinski definition) is 6. The molecule has 0 aromatic heterocycles. The van der Waals surface area contributed by atoms with Gasteiger partial charge in [-0.1, -0.05) is 44.4 Å². The first kappa shape index (κ1) is 30.8. The van der Waals surface area contributed by atoms with Crippen LogP contribution < -0.4 is 15.4 Å². The number of fused-ring (bicyclic) bond motifs is 1. The van der Waals surface area contributed by atoms with Crippen LogP contribution in [0.1, 0.15) is 51.5 Å². The minimum absolute atomic E-state index is 0.0109. The Balaban J connectivity index is 1.59. The fourth-order valence-corrected chi connectivity index (χ4v) is 6.65. The smallest absolute Gasteiger partial charge is 0.319 e. The number of benzene rings is 2. The molecule has 3 N–H and O–H groups in total. The van der Waals surface area contributed by atoms with Crippen LogP contribution in [0.15, 0.2) is 53.4 Å². The average molecular weight is 587 g/mol. The molecule has 2 aromatic rings. The van der Waals surface area contributed by atoms with Gasteiger partial charge >= 0.3 is 6.03 Å². The summed E-state index contributed by atoms with van der Waals surface area (Å²) in [6.07, 6.45) is 4.75. The van der Waals surface area contributed by atoms with Crippen LogP contribution in [0.5, 0.6) is 5.75 Å². The van der Waals surface area contributed by atoms with Crippen molar-refractivity contribution in [1.29, 1.82) is 0 Å². The third-order valence-electron chi connectivity index (χ3n) is 8.00. The second kappa shape index (κ2) is 13.7. The van der Waals surface area contributed by atoms with E-state index in [0.717, 1.165) is 25.7 Å². The number of aliphatic hydroxyl groups is 1. The highest BCUT2D eigenvalue weighted by molar-refractivity contribution is 7.89. The van der Waals surface area contributed by atoms with Gasteiger partial charge in [0.2, 0.25) is 15.9 Å². The molecule has 3 amide bonds. The van der Waals surface area contributed by atoms with Crippen molar-refractivity contribution in [2.24, 2.45) is 5.92 Å². The molecule has 41 heavy (non-hydrogen) atoms. The number of sulfonamides is 1. The van der Waals surface area contributed by atoms with Crippen molar-refractivity contribution in [3.8, 4) is 5.75 Å². The van der Waals surface area contributed by atoms with E-state index in [2.05, 4.69) is 10.6 Å². The van der Waals surface area contributed by atoms with Crippen molar-refractivity contribution >= 4 is 27.6 Å². The molecular formula is C30H42N4O6S. The number of ether oxygens (including phenoxy) is 1. The molecule has 4 rings (SSSR count). The molecule has 11 heteroatoms.